The molecule has 1 aromatic rings. The van der Waals surface area contributed by atoms with Gasteiger partial charge in [0.1, 0.15) is 0 Å². The molecule has 1 aromatic carbocycles. The molecule has 0 saturated carbocycles. The lowest BCUT2D eigenvalue weighted by molar-refractivity contribution is 0.224. The predicted molar refractivity (Wildman–Crippen MR) is 101 cm³/mol. The highest BCUT2D eigenvalue weighted by Crippen LogP contribution is 2.43. The van der Waals surface area contributed by atoms with Crippen LogP contribution in [0.5, 0.6) is 0 Å². The number of rotatable bonds is 7. The van der Waals surface area contributed by atoms with Crippen molar-refractivity contribution in [3.8, 4) is 0 Å². The third-order valence-electron chi connectivity index (χ3n) is 5.60. The quantitative estimate of drug-likeness (QED) is 0.515. The maximum absolute atomic E-state index is 2.44. The summed E-state index contributed by atoms with van der Waals surface area (Å²) < 4.78 is 0. The van der Waals surface area contributed by atoms with Crippen molar-refractivity contribution in [1.82, 2.24) is 0 Å². The third-order valence-corrected chi connectivity index (χ3v) is 5.60. The van der Waals surface area contributed by atoms with E-state index in [9.17, 15) is 0 Å². The van der Waals surface area contributed by atoms with E-state index in [1.54, 1.807) is 22.3 Å². The Labute approximate surface area is 139 Å². The van der Waals surface area contributed by atoms with Gasteiger partial charge in [-0.15, -0.1) is 0 Å². The first kappa shape index (κ1) is 19.3. The van der Waals surface area contributed by atoms with Gasteiger partial charge in [0, 0.05) is 0 Å². The Balaban J connectivity index is 3.55. The van der Waals surface area contributed by atoms with Crippen LogP contribution in [0.4, 0.5) is 0 Å². The molecule has 0 saturated heterocycles. The Morgan fingerprint density at radius 1 is 0.682 bits per heavy atom. The van der Waals surface area contributed by atoms with Crippen molar-refractivity contribution < 1.29 is 0 Å². The molecule has 0 aliphatic rings. The first-order valence-corrected chi connectivity index (χ1v) is 9.34. The monoisotopic (exact) mass is 302 g/mol. The summed E-state index contributed by atoms with van der Waals surface area (Å²) in [5, 5.41) is 0. The molecule has 0 aliphatic heterocycles. The molecule has 0 spiro atoms. The molecular weight excluding hydrogens is 264 g/mol. The summed E-state index contributed by atoms with van der Waals surface area (Å²) in [4.78, 5) is 0. The molecule has 0 nitrogen and oxygen atoms in total. The van der Waals surface area contributed by atoms with Gasteiger partial charge in [-0.2, -0.15) is 0 Å². The van der Waals surface area contributed by atoms with Gasteiger partial charge in [-0.25, -0.2) is 0 Å². The van der Waals surface area contributed by atoms with E-state index < -0.39 is 0 Å². The molecule has 0 aliphatic carbocycles. The molecule has 0 amide bonds. The van der Waals surface area contributed by atoms with Crippen molar-refractivity contribution >= 4 is 0 Å². The minimum Gasteiger partial charge on any atom is -0.0651 e. The molecule has 1 rings (SSSR count). The van der Waals surface area contributed by atoms with E-state index >= 15 is 0 Å². The van der Waals surface area contributed by atoms with E-state index in [1.807, 2.05) is 0 Å². The summed E-state index contributed by atoms with van der Waals surface area (Å²) in [6.45, 7) is 18.9. The average Bonchev–Trinajstić information content (AvgIpc) is 2.41. The highest BCUT2D eigenvalue weighted by molar-refractivity contribution is 5.45. The van der Waals surface area contributed by atoms with Gasteiger partial charge in [0.2, 0.25) is 0 Å². The Bertz CT molecular complexity index is 472. The van der Waals surface area contributed by atoms with E-state index in [1.165, 1.54) is 38.5 Å². The van der Waals surface area contributed by atoms with Crippen LogP contribution < -0.4 is 0 Å². The number of hydrogen-bond donors (Lipinski definition) is 0. The highest BCUT2D eigenvalue weighted by atomic mass is 14.4. The van der Waals surface area contributed by atoms with Crippen molar-refractivity contribution in [2.45, 2.75) is 99.3 Å². The Morgan fingerprint density at radius 3 is 1.64 bits per heavy atom. The first-order valence-electron chi connectivity index (χ1n) is 9.34. The van der Waals surface area contributed by atoms with Crippen molar-refractivity contribution in [3.63, 3.8) is 0 Å². The molecule has 0 N–H and O–H groups in total. The van der Waals surface area contributed by atoms with Gasteiger partial charge in [-0.3, -0.25) is 0 Å². The van der Waals surface area contributed by atoms with Gasteiger partial charge in [0.25, 0.3) is 0 Å². The van der Waals surface area contributed by atoms with Gasteiger partial charge >= 0.3 is 0 Å². The largest absolute Gasteiger partial charge is 0.0651 e. The van der Waals surface area contributed by atoms with Crippen LogP contribution in [0, 0.1) is 5.41 Å². The van der Waals surface area contributed by atoms with Gasteiger partial charge in [0.05, 0.1) is 0 Å². The number of aryl methyl sites for hydroxylation is 1. The van der Waals surface area contributed by atoms with Crippen molar-refractivity contribution in [3.05, 3.63) is 34.4 Å². The molecule has 126 valence electrons. The lowest BCUT2D eigenvalue weighted by Crippen LogP contribution is -2.35. The zero-order chi connectivity index (χ0) is 17.0. The second-order valence-corrected chi connectivity index (χ2v) is 8.35. The predicted octanol–water partition coefficient (Wildman–Crippen LogP) is 6.87. The molecule has 0 atom stereocenters. The van der Waals surface area contributed by atoms with Crippen molar-refractivity contribution in [2.75, 3.05) is 0 Å². The summed E-state index contributed by atoms with van der Waals surface area (Å²) in [7, 11) is 0. The smallest absolute Gasteiger partial charge is 0.00522 e. The van der Waals surface area contributed by atoms with Crippen LogP contribution in [0.1, 0.15) is 96.9 Å². The Morgan fingerprint density at radius 2 is 1.18 bits per heavy atom. The van der Waals surface area contributed by atoms with Crippen LogP contribution in [0.2, 0.25) is 0 Å². The van der Waals surface area contributed by atoms with E-state index in [4.69, 9.17) is 0 Å². The lowest BCUT2D eigenvalue weighted by atomic mass is 9.63. The summed E-state index contributed by atoms with van der Waals surface area (Å²) >= 11 is 0. The van der Waals surface area contributed by atoms with Crippen LogP contribution in [0.3, 0.4) is 0 Å². The molecule has 0 heteroatoms. The SMILES string of the molecule is CCCc1ccc(C(C)(C)C(C)(C)C)c(CCC)c1CCC. The van der Waals surface area contributed by atoms with E-state index in [0.717, 1.165) is 0 Å². The van der Waals surface area contributed by atoms with Crippen molar-refractivity contribution in [2.24, 2.45) is 5.41 Å². The van der Waals surface area contributed by atoms with Crippen LogP contribution in [-0.4, -0.2) is 0 Å². The molecule has 0 aromatic heterocycles. The molecule has 0 bridgehead atoms. The zero-order valence-corrected chi connectivity index (χ0v) is 16.4. The number of hydrogen-bond acceptors (Lipinski definition) is 0. The Hall–Kier alpha value is -0.780. The number of benzene rings is 1. The normalized spacial score (nSPS) is 12.7. The maximum atomic E-state index is 2.44. The summed E-state index contributed by atoms with van der Waals surface area (Å²) in [5.74, 6) is 0. The first-order chi connectivity index (χ1) is 10.2. The van der Waals surface area contributed by atoms with Crippen LogP contribution in [0.15, 0.2) is 12.1 Å². The minimum absolute atomic E-state index is 0.199. The Kier molecular flexibility index (Phi) is 6.71. The highest BCUT2D eigenvalue weighted by Gasteiger charge is 2.36. The molecule has 0 radical (unpaired) electrons. The topological polar surface area (TPSA) is 0 Å². The fraction of sp³-hybridized carbons (Fsp3) is 0.727. The molecule has 0 fully saturated rings. The van der Waals surface area contributed by atoms with Gasteiger partial charge in [-0.1, -0.05) is 86.8 Å². The average molecular weight is 303 g/mol. The fourth-order valence-electron chi connectivity index (χ4n) is 3.33. The molecule has 0 heterocycles. The fourth-order valence-corrected chi connectivity index (χ4v) is 3.33. The summed E-state index contributed by atoms with van der Waals surface area (Å²) in [6, 6.07) is 4.87. The second kappa shape index (κ2) is 7.66. The molecule has 22 heavy (non-hydrogen) atoms. The zero-order valence-electron chi connectivity index (χ0n) is 16.4. The van der Waals surface area contributed by atoms with E-state index in [-0.39, 0.29) is 10.8 Å². The summed E-state index contributed by atoms with van der Waals surface area (Å²) in [6.07, 6.45) is 7.40. The van der Waals surface area contributed by atoms with Crippen LogP contribution in [-0.2, 0) is 24.7 Å². The third kappa shape index (κ3) is 3.94. The van der Waals surface area contributed by atoms with Crippen LogP contribution >= 0.6 is 0 Å². The van der Waals surface area contributed by atoms with E-state index in [2.05, 4.69) is 67.5 Å². The summed E-state index contributed by atoms with van der Waals surface area (Å²) in [5.41, 5.74) is 6.98. The maximum Gasteiger partial charge on any atom is -0.00522 e. The minimum atomic E-state index is 0.199. The molecule has 0 unspecified atom stereocenters. The van der Waals surface area contributed by atoms with Gasteiger partial charge in [-0.05, 0) is 52.3 Å². The molecular formula is C22H38. The van der Waals surface area contributed by atoms with Crippen LogP contribution in [0.25, 0.3) is 0 Å². The van der Waals surface area contributed by atoms with Crippen molar-refractivity contribution in [1.29, 1.82) is 0 Å². The van der Waals surface area contributed by atoms with Gasteiger partial charge < -0.3 is 0 Å². The van der Waals surface area contributed by atoms with Gasteiger partial charge in [0.15, 0.2) is 0 Å². The standard InChI is InChI=1S/C22H38/c1-9-12-17-15-16-20(22(7,8)21(4,5)6)19(14-11-3)18(17)13-10-2/h15-16H,9-14H2,1-8H3. The van der Waals surface area contributed by atoms with E-state index in [0.29, 0.717) is 0 Å². The second-order valence-electron chi connectivity index (χ2n) is 8.35. The lowest BCUT2D eigenvalue weighted by Gasteiger charge is -2.41.